The van der Waals surface area contributed by atoms with Gasteiger partial charge in [0.05, 0.1) is 18.9 Å². The SMILES string of the molecule is Nc1ncnc2nc[nH]c12.c1ncc2[nH]cnc2n1. The van der Waals surface area contributed by atoms with Gasteiger partial charge in [0, 0.05) is 0 Å². The minimum absolute atomic E-state index is 0.433. The van der Waals surface area contributed by atoms with Crippen LogP contribution in [0.1, 0.15) is 0 Å². The third kappa shape index (κ3) is 2.16. The number of hydrogen-bond donors (Lipinski definition) is 3. The van der Waals surface area contributed by atoms with E-state index in [2.05, 4.69) is 39.9 Å². The maximum absolute atomic E-state index is 5.48. The molecule has 0 aliphatic heterocycles. The van der Waals surface area contributed by atoms with E-state index in [1.807, 2.05) is 0 Å². The van der Waals surface area contributed by atoms with Crippen molar-refractivity contribution in [2.75, 3.05) is 5.73 Å². The number of fused-ring (bicyclic) bond motifs is 2. The monoisotopic (exact) mass is 255 g/mol. The first-order valence-corrected chi connectivity index (χ1v) is 5.33. The lowest BCUT2D eigenvalue weighted by molar-refractivity contribution is 1.20. The number of H-pyrrole nitrogens is 2. The molecule has 19 heavy (non-hydrogen) atoms. The summed E-state index contributed by atoms with van der Waals surface area (Å²) in [5.74, 6) is 0.433. The van der Waals surface area contributed by atoms with Crippen molar-refractivity contribution in [3.63, 3.8) is 0 Å². The molecule has 0 saturated carbocycles. The van der Waals surface area contributed by atoms with Crippen molar-refractivity contribution in [1.82, 2.24) is 39.9 Å². The second-order valence-corrected chi connectivity index (χ2v) is 3.52. The number of nitrogen functional groups attached to an aromatic ring is 1. The van der Waals surface area contributed by atoms with Crippen molar-refractivity contribution < 1.29 is 0 Å². The molecule has 0 saturated heterocycles. The topological polar surface area (TPSA) is 135 Å². The van der Waals surface area contributed by atoms with E-state index in [4.69, 9.17) is 5.73 Å². The molecule has 0 unspecified atom stereocenters. The van der Waals surface area contributed by atoms with Crippen molar-refractivity contribution in [3.05, 3.63) is 31.5 Å². The van der Waals surface area contributed by atoms with Gasteiger partial charge in [-0.2, -0.15) is 0 Å². The van der Waals surface area contributed by atoms with Crippen LogP contribution in [0.5, 0.6) is 0 Å². The number of rotatable bonds is 0. The van der Waals surface area contributed by atoms with Crippen LogP contribution in [0.2, 0.25) is 0 Å². The first kappa shape index (κ1) is 11.0. The van der Waals surface area contributed by atoms with Crippen molar-refractivity contribution in [2.45, 2.75) is 0 Å². The Balaban J connectivity index is 0.000000117. The average molecular weight is 255 g/mol. The van der Waals surface area contributed by atoms with E-state index < -0.39 is 0 Å². The van der Waals surface area contributed by atoms with Gasteiger partial charge in [0.25, 0.3) is 0 Å². The fraction of sp³-hybridized carbons (Fsp3) is 0. The molecule has 0 radical (unpaired) electrons. The number of aromatic amines is 2. The molecule has 0 aromatic carbocycles. The quantitative estimate of drug-likeness (QED) is 0.411. The van der Waals surface area contributed by atoms with Gasteiger partial charge in [0.15, 0.2) is 17.1 Å². The molecule has 4 heterocycles. The fourth-order valence-corrected chi connectivity index (χ4v) is 1.47. The smallest absolute Gasteiger partial charge is 0.182 e. The van der Waals surface area contributed by atoms with Crippen LogP contribution in [0.3, 0.4) is 0 Å². The van der Waals surface area contributed by atoms with E-state index >= 15 is 0 Å². The van der Waals surface area contributed by atoms with Crippen molar-refractivity contribution in [3.8, 4) is 0 Å². The Hall–Kier alpha value is -3.10. The van der Waals surface area contributed by atoms with Gasteiger partial charge in [0.1, 0.15) is 23.7 Å². The predicted molar refractivity (Wildman–Crippen MR) is 67.8 cm³/mol. The molecule has 4 N–H and O–H groups in total. The number of hydrogen-bond acceptors (Lipinski definition) is 7. The molecule has 0 amide bonds. The number of imidazole rings is 2. The molecule has 9 heteroatoms. The molecule has 0 bridgehead atoms. The first-order chi connectivity index (χ1) is 9.34. The fourth-order valence-electron chi connectivity index (χ4n) is 1.47. The molecule has 4 aromatic rings. The molecule has 0 atom stereocenters. The highest BCUT2D eigenvalue weighted by atomic mass is 15.0. The summed E-state index contributed by atoms with van der Waals surface area (Å²) in [5, 5.41) is 0. The standard InChI is InChI=1S/C5H5N5.C5H4N4/c6-4-3-5(9-1-7-3)10-2-8-4;1-4-5(8-2-6-1)9-3-7-4/h1-2H,(H3,6,7,8,9,10);1-3H,(H,6,7,8,9). The Labute approximate surface area is 106 Å². The third-order valence-electron chi connectivity index (χ3n) is 2.35. The lowest BCUT2D eigenvalue weighted by Gasteiger charge is -1.89. The summed E-state index contributed by atoms with van der Waals surface area (Å²) in [6.07, 6.45) is 7.69. The Kier molecular flexibility index (Phi) is 2.69. The van der Waals surface area contributed by atoms with Gasteiger partial charge >= 0.3 is 0 Å². The number of aromatic nitrogens is 8. The van der Waals surface area contributed by atoms with Gasteiger partial charge < -0.3 is 15.7 Å². The second-order valence-electron chi connectivity index (χ2n) is 3.52. The number of anilines is 1. The molecule has 0 fully saturated rings. The summed E-state index contributed by atoms with van der Waals surface area (Å²) in [7, 11) is 0. The van der Waals surface area contributed by atoms with Crippen LogP contribution in [0.15, 0.2) is 31.5 Å². The number of nitrogens with two attached hydrogens (primary N) is 1. The summed E-state index contributed by atoms with van der Waals surface area (Å²) >= 11 is 0. The van der Waals surface area contributed by atoms with E-state index in [1.165, 1.54) is 19.0 Å². The summed E-state index contributed by atoms with van der Waals surface area (Å²) in [4.78, 5) is 28.8. The normalized spacial score (nSPS) is 10.3. The zero-order valence-electron chi connectivity index (χ0n) is 9.65. The maximum atomic E-state index is 5.48. The zero-order chi connectivity index (χ0) is 13.1. The minimum Gasteiger partial charge on any atom is -0.382 e. The summed E-state index contributed by atoms with van der Waals surface area (Å²) in [6.45, 7) is 0. The van der Waals surface area contributed by atoms with Gasteiger partial charge in [-0.25, -0.2) is 29.9 Å². The highest BCUT2D eigenvalue weighted by Crippen LogP contribution is 2.09. The molecule has 4 rings (SSSR count). The van der Waals surface area contributed by atoms with E-state index in [1.54, 1.807) is 12.5 Å². The Morgan fingerprint density at radius 2 is 1.63 bits per heavy atom. The maximum Gasteiger partial charge on any atom is 0.182 e. The molecular formula is C10H9N9. The summed E-state index contributed by atoms with van der Waals surface area (Å²) < 4.78 is 0. The van der Waals surface area contributed by atoms with E-state index in [0.717, 1.165) is 5.52 Å². The van der Waals surface area contributed by atoms with E-state index in [-0.39, 0.29) is 0 Å². The molecule has 0 aliphatic rings. The van der Waals surface area contributed by atoms with Crippen LogP contribution in [0, 0.1) is 0 Å². The minimum atomic E-state index is 0.433. The summed E-state index contributed by atoms with van der Waals surface area (Å²) in [6, 6.07) is 0. The van der Waals surface area contributed by atoms with Gasteiger partial charge in [-0.05, 0) is 0 Å². The van der Waals surface area contributed by atoms with Crippen molar-refractivity contribution in [2.24, 2.45) is 0 Å². The molecular weight excluding hydrogens is 246 g/mol. The molecule has 9 nitrogen and oxygen atoms in total. The molecule has 0 spiro atoms. The average Bonchev–Trinajstić information content (AvgIpc) is 3.08. The Morgan fingerprint density at radius 3 is 2.47 bits per heavy atom. The number of nitrogens with zero attached hydrogens (tertiary/aromatic N) is 6. The lowest BCUT2D eigenvalue weighted by atomic mass is 10.5. The highest BCUT2D eigenvalue weighted by molar-refractivity contribution is 5.80. The number of nitrogens with one attached hydrogen (secondary N) is 2. The van der Waals surface area contributed by atoms with Crippen LogP contribution in [-0.2, 0) is 0 Å². The Morgan fingerprint density at radius 1 is 0.842 bits per heavy atom. The van der Waals surface area contributed by atoms with E-state index in [0.29, 0.717) is 22.6 Å². The molecule has 0 aliphatic carbocycles. The van der Waals surface area contributed by atoms with E-state index in [9.17, 15) is 0 Å². The Bertz CT molecular complexity index is 772. The summed E-state index contributed by atoms with van der Waals surface area (Å²) in [5.41, 5.74) is 8.36. The van der Waals surface area contributed by atoms with Crippen LogP contribution < -0.4 is 5.73 Å². The van der Waals surface area contributed by atoms with Crippen molar-refractivity contribution in [1.29, 1.82) is 0 Å². The van der Waals surface area contributed by atoms with Crippen LogP contribution in [0.4, 0.5) is 5.82 Å². The highest BCUT2D eigenvalue weighted by Gasteiger charge is 1.99. The van der Waals surface area contributed by atoms with Gasteiger partial charge in [-0.1, -0.05) is 0 Å². The molecule has 94 valence electrons. The largest absolute Gasteiger partial charge is 0.382 e. The van der Waals surface area contributed by atoms with Crippen LogP contribution in [0.25, 0.3) is 22.3 Å². The van der Waals surface area contributed by atoms with Crippen LogP contribution in [-0.4, -0.2) is 39.9 Å². The van der Waals surface area contributed by atoms with Gasteiger partial charge in [-0.15, -0.1) is 0 Å². The predicted octanol–water partition coefficient (Wildman–Crippen LogP) is 0.288. The zero-order valence-corrected chi connectivity index (χ0v) is 9.65. The van der Waals surface area contributed by atoms with Crippen molar-refractivity contribution >= 4 is 28.1 Å². The first-order valence-electron chi connectivity index (χ1n) is 5.33. The third-order valence-corrected chi connectivity index (χ3v) is 2.35. The molecule has 4 aromatic heterocycles. The van der Waals surface area contributed by atoms with Gasteiger partial charge in [-0.3, -0.25) is 0 Å². The lowest BCUT2D eigenvalue weighted by Crippen LogP contribution is -1.91. The van der Waals surface area contributed by atoms with Gasteiger partial charge in [0.2, 0.25) is 0 Å². The second kappa shape index (κ2) is 4.64. The van der Waals surface area contributed by atoms with Crippen LogP contribution >= 0.6 is 0 Å².